The third-order valence-corrected chi connectivity index (χ3v) is 3.65. The Morgan fingerprint density at radius 2 is 1.39 bits per heavy atom. The summed E-state index contributed by atoms with van der Waals surface area (Å²) in [5, 5.41) is 10.6. The lowest BCUT2D eigenvalue weighted by atomic mass is 10.1. The molecule has 2 rings (SSSR count). The van der Waals surface area contributed by atoms with Crippen molar-refractivity contribution in [1.82, 2.24) is 0 Å². The summed E-state index contributed by atoms with van der Waals surface area (Å²) in [4.78, 5) is 10.3. The number of hydrogen-bond acceptors (Lipinski definition) is 2. The van der Waals surface area contributed by atoms with Gasteiger partial charge in [-0.3, -0.25) is 10.1 Å². The van der Waals surface area contributed by atoms with E-state index in [0.29, 0.717) is 0 Å². The van der Waals surface area contributed by atoms with Crippen LogP contribution in [0.15, 0.2) is 54.6 Å². The van der Waals surface area contributed by atoms with Gasteiger partial charge < -0.3 is 0 Å². The van der Waals surface area contributed by atoms with Gasteiger partial charge in [-0.2, -0.15) is 0 Å². The molecule has 0 aliphatic carbocycles. The van der Waals surface area contributed by atoms with Crippen LogP contribution in [0.4, 0.5) is 5.69 Å². The fourth-order valence-corrected chi connectivity index (χ4v) is 2.29. The molecular weight excluding hydrogens is 286 g/mol. The number of unbranched alkanes of at least 4 members (excludes halogenated alkanes) is 2. The molecule has 2 aromatic rings. The molecule has 0 radical (unpaired) electrons. The molecule has 0 N–H and O–H groups in total. The average molecular weight is 313 g/mol. The molecule has 3 nitrogen and oxygen atoms in total. The molecule has 0 aliphatic rings. The van der Waals surface area contributed by atoms with Crippen LogP contribution in [0.1, 0.15) is 50.7 Å². The Morgan fingerprint density at radius 3 is 2.00 bits per heavy atom. The molecule has 0 aromatic heterocycles. The van der Waals surface area contributed by atoms with Gasteiger partial charge in [-0.05, 0) is 31.2 Å². The Labute approximate surface area is 139 Å². The predicted molar refractivity (Wildman–Crippen MR) is 96.8 cm³/mol. The van der Waals surface area contributed by atoms with E-state index in [9.17, 15) is 10.1 Å². The van der Waals surface area contributed by atoms with Gasteiger partial charge in [0.25, 0.3) is 5.69 Å². The van der Waals surface area contributed by atoms with Crippen molar-refractivity contribution in [2.24, 2.45) is 0 Å². The number of nitro groups is 1. The van der Waals surface area contributed by atoms with E-state index >= 15 is 0 Å². The number of rotatable bonds is 7. The highest BCUT2D eigenvalue weighted by atomic mass is 16.6. The van der Waals surface area contributed by atoms with Crippen LogP contribution in [-0.2, 0) is 12.8 Å². The van der Waals surface area contributed by atoms with Crippen LogP contribution in [-0.4, -0.2) is 4.92 Å². The summed E-state index contributed by atoms with van der Waals surface area (Å²) in [6.07, 6.45) is 6.70. The summed E-state index contributed by atoms with van der Waals surface area (Å²) < 4.78 is 0. The van der Waals surface area contributed by atoms with Gasteiger partial charge in [0.2, 0.25) is 0 Å². The standard InChI is InChI=1S/C10H13NO2.C10H14/c1-2-3-6-9-7-4-5-8-10(9)11(12)13;1-2-3-7-10-8-5-4-6-9-10/h4-5,7-8H,2-3,6H2,1H3;4-6,8-9H,2-3,7H2,1H3. The summed E-state index contributed by atoms with van der Waals surface area (Å²) in [6, 6.07) is 17.6. The van der Waals surface area contributed by atoms with Gasteiger partial charge in [0.15, 0.2) is 0 Å². The van der Waals surface area contributed by atoms with Crippen molar-refractivity contribution in [2.45, 2.75) is 52.4 Å². The van der Waals surface area contributed by atoms with Crippen LogP contribution >= 0.6 is 0 Å². The van der Waals surface area contributed by atoms with Crippen molar-refractivity contribution in [3.8, 4) is 0 Å². The molecule has 0 saturated heterocycles. The first kappa shape index (κ1) is 18.9. The summed E-state index contributed by atoms with van der Waals surface area (Å²) in [7, 11) is 0. The van der Waals surface area contributed by atoms with E-state index in [-0.39, 0.29) is 10.6 Å². The van der Waals surface area contributed by atoms with Gasteiger partial charge in [0, 0.05) is 11.6 Å². The van der Waals surface area contributed by atoms with E-state index in [2.05, 4.69) is 44.2 Å². The van der Waals surface area contributed by atoms with Crippen molar-refractivity contribution >= 4 is 5.69 Å². The molecule has 0 saturated carbocycles. The van der Waals surface area contributed by atoms with Crippen molar-refractivity contribution in [1.29, 1.82) is 0 Å². The molecule has 0 fully saturated rings. The Balaban J connectivity index is 0.000000238. The summed E-state index contributed by atoms with van der Waals surface area (Å²) in [6.45, 7) is 4.30. The van der Waals surface area contributed by atoms with Crippen molar-refractivity contribution in [3.63, 3.8) is 0 Å². The number of para-hydroxylation sites is 1. The van der Waals surface area contributed by atoms with Gasteiger partial charge in [0.1, 0.15) is 0 Å². The summed E-state index contributed by atoms with van der Waals surface area (Å²) in [5.74, 6) is 0. The number of benzene rings is 2. The largest absolute Gasteiger partial charge is 0.272 e. The first-order chi connectivity index (χ1) is 11.2. The van der Waals surface area contributed by atoms with Crippen molar-refractivity contribution < 1.29 is 4.92 Å². The lowest BCUT2D eigenvalue weighted by Crippen LogP contribution is -1.94. The van der Waals surface area contributed by atoms with E-state index in [0.717, 1.165) is 24.8 Å². The molecule has 0 spiro atoms. The summed E-state index contributed by atoms with van der Waals surface area (Å²) in [5.41, 5.74) is 2.55. The van der Waals surface area contributed by atoms with E-state index < -0.39 is 0 Å². The molecule has 0 heterocycles. The molecule has 0 unspecified atom stereocenters. The lowest BCUT2D eigenvalue weighted by Gasteiger charge is -2.00. The van der Waals surface area contributed by atoms with Crippen molar-refractivity contribution in [3.05, 3.63) is 75.8 Å². The Kier molecular flexibility index (Phi) is 9.37. The van der Waals surface area contributed by atoms with Crippen LogP contribution < -0.4 is 0 Å². The van der Waals surface area contributed by atoms with Gasteiger partial charge in [-0.15, -0.1) is 0 Å². The quantitative estimate of drug-likeness (QED) is 0.467. The third kappa shape index (κ3) is 7.59. The van der Waals surface area contributed by atoms with Gasteiger partial charge >= 0.3 is 0 Å². The van der Waals surface area contributed by atoms with Crippen LogP contribution in [0.2, 0.25) is 0 Å². The zero-order chi connectivity index (χ0) is 16.9. The van der Waals surface area contributed by atoms with E-state index in [1.807, 2.05) is 12.1 Å². The minimum atomic E-state index is -0.314. The van der Waals surface area contributed by atoms with Gasteiger partial charge in [-0.25, -0.2) is 0 Å². The number of nitro benzene ring substituents is 1. The number of hydrogen-bond donors (Lipinski definition) is 0. The summed E-state index contributed by atoms with van der Waals surface area (Å²) >= 11 is 0. The monoisotopic (exact) mass is 313 g/mol. The highest BCUT2D eigenvalue weighted by molar-refractivity contribution is 5.39. The Bertz CT molecular complexity index is 567. The molecule has 0 aliphatic heterocycles. The first-order valence-corrected chi connectivity index (χ1v) is 8.45. The highest BCUT2D eigenvalue weighted by Gasteiger charge is 2.10. The maximum absolute atomic E-state index is 10.6. The third-order valence-electron chi connectivity index (χ3n) is 3.65. The second kappa shape index (κ2) is 11.4. The minimum absolute atomic E-state index is 0.246. The molecule has 0 amide bonds. The van der Waals surface area contributed by atoms with Crippen LogP contribution in [0.25, 0.3) is 0 Å². The Morgan fingerprint density at radius 1 is 0.826 bits per heavy atom. The van der Waals surface area contributed by atoms with E-state index in [1.54, 1.807) is 12.1 Å². The fourth-order valence-electron chi connectivity index (χ4n) is 2.29. The van der Waals surface area contributed by atoms with Gasteiger partial charge in [0.05, 0.1) is 4.92 Å². The molecular formula is C20H27NO2. The zero-order valence-electron chi connectivity index (χ0n) is 14.2. The molecule has 23 heavy (non-hydrogen) atoms. The second-order valence-electron chi connectivity index (χ2n) is 5.58. The first-order valence-electron chi connectivity index (χ1n) is 8.45. The smallest absolute Gasteiger partial charge is 0.258 e. The maximum atomic E-state index is 10.6. The topological polar surface area (TPSA) is 43.1 Å². The molecule has 2 aromatic carbocycles. The average Bonchev–Trinajstić information content (AvgIpc) is 2.59. The van der Waals surface area contributed by atoms with Crippen molar-refractivity contribution in [2.75, 3.05) is 0 Å². The SMILES string of the molecule is CCCCc1ccccc1.CCCCc1ccccc1[N+](=O)[O-]. The van der Waals surface area contributed by atoms with E-state index in [4.69, 9.17) is 0 Å². The van der Waals surface area contributed by atoms with E-state index in [1.165, 1.54) is 24.8 Å². The molecule has 3 heteroatoms. The molecule has 0 bridgehead atoms. The highest BCUT2D eigenvalue weighted by Crippen LogP contribution is 2.19. The maximum Gasteiger partial charge on any atom is 0.272 e. The molecule has 124 valence electrons. The fraction of sp³-hybridized carbons (Fsp3) is 0.400. The van der Waals surface area contributed by atoms with Gasteiger partial charge in [-0.1, -0.05) is 75.2 Å². The zero-order valence-corrected chi connectivity index (χ0v) is 14.2. The van der Waals surface area contributed by atoms with Crippen LogP contribution in [0.3, 0.4) is 0 Å². The predicted octanol–water partition coefficient (Wildman–Crippen LogP) is 5.97. The minimum Gasteiger partial charge on any atom is -0.258 e. The normalized spacial score (nSPS) is 9.83. The van der Waals surface area contributed by atoms with Crippen LogP contribution in [0, 0.1) is 10.1 Å². The van der Waals surface area contributed by atoms with Crippen LogP contribution in [0.5, 0.6) is 0 Å². The Hall–Kier alpha value is -2.16. The second-order valence-corrected chi connectivity index (χ2v) is 5.58. The molecule has 0 atom stereocenters. The lowest BCUT2D eigenvalue weighted by molar-refractivity contribution is -0.385. The number of aryl methyl sites for hydroxylation is 2. The number of nitrogens with zero attached hydrogens (tertiary/aromatic N) is 1.